The summed E-state index contributed by atoms with van der Waals surface area (Å²) in [7, 11) is 0. The van der Waals surface area contributed by atoms with Crippen LogP contribution in [0.3, 0.4) is 0 Å². The lowest BCUT2D eigenvalue weighted by molar-refractivity contribution is -0.141. The lowest BCUT2D eigenvalue weighted by atomic mass is 10.0. The molecule has 4 rings (SSSR count). The molecule has 2 atom stereocenters. The average molecular weight is 477 g/mol. The summed E-state index contributed by atoms with van der Waals surface area (Å²) in [5.41, 5.74) is 2.57. The molecule has 0 bridgehead atoms. The molecule has 0 aliphatic carbocycles. The van der Waals surface area contributed by atoms with Crippen LogP contribution < -0.4 is 5.32 Å². The summed E-state index contributed by atoms with van der Waals surface area (Å²) in [5, 5.41) is 3.66. The van der Waals surface area contributed by atoms with E-state index in [-0.39, 0.29) is 30.9 Å². The largest absolute Gasteiger partial charge is 0.376 e. The van der Waals surface area contributed by atoms with Gasteiger partial charge in [0.2, 0.25) is 11.8 Å². The van der Waals surface area contributed by atoms with E-state index in [0.717, 1.165) is 36.1 Å². The quantitative estimate of drug-likeness (QED) is 0.475. The molecular formula is C28H29ClN2O3. The second kappa shape index (κ2) is 11.8. The van der Waals surface area contributed by atoms with Gasteiger partial charge in [-0.25, -0.2) is 0 Å². The van der Waals surface area contributed by atoms with Gasteiger partial charge in [-0.3, -0.25) is 9.59 Å². The van der Waals surface area contributed by atoms with Crippen molar-refractivity contribution in [2.45, 2.75) is 38.0 Å². The highest BCUT2D eigenvalue weighted by Crippen LogP contribution is 2.26. The molecule has 6 heteroatoms. The van der Waals surface area contributed by atoms with Crippen LogP contribution in [0.4, 0.5) is 0 Å². The summed E-state index contributed by atoms with van der Waals surface area (Å²) in [5.74, 6) is -0.334. The van der Waals surface area contributed by atoms with Crippen molar-refractivity contribution in [2.75, 3.05) is 13.2 Å². The third-order valence-electron chi connectivity index (χ3n) is 5.99. The Morgan fingerprint density at radius 2 is 1.62 bits per heavy atom. The van der Waals surface area contributed by atoms with E-state index in [2.05, 4.69) is 5.32 Å². The molecule has 0 spiro atoms. The van der Waals surface area contributed by atoms with Gasteiger partial charge in [0.1, 0.15) is 6.04 Å². The normalized spacial score (nSPS) is 16.1. The molecule has 0 saturated carbocycles. The van der Waals surface area contributed by atoms with Crippen molar-refractivity contribution in [1.82, 2.24) is 10.2 Å². The highest BCUT2D eigenvalue weighted by Gasteiger charge is 2.32. The summed E-state index contributed by atoms with van der Waals surface area (Å²) in [6.45, 7) is 1.44. The van der Waals surface area contributed by atoms with E-state index in [9.17, 15) is 9.59 Å². The van der Waals surface area contributed by atoms with Gasteiger partial charge < -0.3 is 15.0 Å². The fourth-order valence-corrected chi connectivity index (χ4v) is 4.33. The summed E-state index contributed by atoms with van der Waals surface area (Å²) in [6.07, 6.45) is 2.15. The Bertz CT molecular complexity index is 1070. The van der Waals surface area contributed by atoms with Crippen molar-refractivity contribution in [3.63, 3.8) is 0 Å². The number of hydrogen-bond acceptors (Lipinski definition) is 3. The number of carbonyl (C=O) groups is 2. The van der Waals surface area contributed by atoms with Crippen LogP contribution in [0, 0.1) is 0 Å². The Kier molecular flexibility index (Phi) is 8.34. The van der Waals surface area contributed by atoms with Gasteiger partial charge in [-0.05, 0) is 41.7 Å². The molecule has 2 amide bonds. The predicted octanol–water partition coefficient (Wildman–Crippen LogP) is 4.95. The number of benzene rings is 3. The molecule has 1 N–H and O–H groups in total. The maximum Gasteiger partial charge on any atom is 0.247 e. The zero-order valence-electron chi connectivity index (χ0n) is 19.0. The Hall–Kier alpha value is -3.15. The van der Waals surface area contributed by atoms with Crippen LogP contribution >= 0.6 is 11.6 Å². The third-order valence-corrected chi connectivity index (χ3v) is 6.24. The van der Waals surface area contributed by atoms with Gasteiger partial charge in [-0.2, -0.15) is 0 Å². The van der Waals surface area contributed by atoms with Gasteiger partial charge in [0.25, 0.3) is 0 Å². The van der Waals surface area contributed by atoms with Crippen LogP contribution in [-0.4, -0.2) is 36.0 Å². The molecule has 0 unspecified atom stereocenters. The SMILES string of the molecule is O=C(NC[C@@H]1CCCO1)[C@H](c1ccccc1)N(Cc1ccc(Cl)cc1)C(=O)Cc1ccccc1. The van der Waals surface area contributed by atoms with Crippen molar-refractivity contribution in [3.05, 3.63) is 107 Å². The highest BCUT2D eigenvalue weighted by atomic mass is 35.5. The van der Waals surface area contributed by atoms with Crippen molar-refractivity contribution in [1.29, 1.82) is 0 Å². The van der Waals surface area contributed by atoms with E-state index in [1.807, 2.05) is 72.8 Å². The first-order chi connectivity index (χ1) is 16.6. The van der Waals surface area contributed by atoms with Crippen LogP contribution in [0.15, 0.2) is 84.9 Å². The summed E-state index contributed by atoms with van der Waals surface area (Å²) in [6, 6.07) is 25.6. The van der Waals surface area contributed by atoms with Gasteiger partial charge >= 0.3 is 0 Å². The molecule has 3 aromatic rings. The standard InChI is InChI=1S/C28H29ClN2O3/c29-24-15-13-22(14-16-24)20-31(26(32)18-21-8-3-1-4-9-21)27(23-10-5-2-6-11-23)28(33)30-19-25-12-7-17-34-25/h1-6,8-11,13-16,25,27H,7,12,17-20H2,(H,30,33)/t25-,27-/m0/s1. The molecule has 1 heterocycles. The Balaban J connectivity index is 1.64. The van der Waals surface area contributed by atoms with E-state index in [4.69, 9.17) is 16.3 Å². The molecule has 34 heavy (non-hydrogen) atoms. The number of carbonyl (C=O) groups excluding carboxylic acids is 2. The fraction of sp³-hybridized carbons (Fsp3) is 0.286. The number of ether oxygens (including phenoxy) is 1. The molecule has 1 aliphatic rings. The first kappa shape index (κ1) is 24.0. The minimum Gasteiger partial charge on any atom is -0.376 e. The van der Waals surface area contributed by atoms with Gasteiger partial charge in [0.05, 0.1) is 12.5 Å². The summed E-state index contributed by atoms with van der Waals surface area (Å²) in [4.78, 5) is 28.9. The Morgan fingerprint density at radius 1 is 0.941 bits per heavy atom. The van der Waals surface area contributed by atoms with Crippen molar-refractivity contribution >= 4 is 23.4 Å². The van der Waals surface area contributed by atoms with Crippen LogP contribution in [0.25, 0.3) is 0 Å². The number of amides is 2. The minimum atomic E-state index is -0.769. The van der Waals surface area contributed by atoms with Gasteiger partial charge in [-0.15, -0.1) is 0 Å². The molecule has 0 aromatic heterocycles. The van der Waals surface area contributed by atoms with Crippen LogP contribution in [0.1, 0.15) is 35.6 Å². The van der Waals surface area contributed by atoms with E-state index in [0.29, 0.717) is 11.6 Å². The number of rotatable bonds is 9. The second-order valence-corrected chi connectivity index (χ2v) is 8.94. The molecule has 1 fully saturated rings. The number of hydrogen-bond donors (Lipinski definition) is 1. The zero-order valence-corrected chi connectivity index (χ0v) is 19.8. The number of nitrogens with zero attached hydrogens (tertiary/aromatic N) is 1. The van der Waals surface area contributed by atoms with Gasteiger partial charge in [0, 0.05) is 24.7 Å². The fourth-order valence-electron chi connectivity index (χ4n) is 4.21. The summed E-state index contributed by atoms with van der Waals surface area (Å²) >= 11 is 6.07. The molecule has 5 nitrogen and oxygen atoms in total. The average Bonchev–Trinajstić information content (AvgIpc) is 3.39. The van der Waals surface area contributed by atoms with Gasteiger partial charge in [-0.1, -0.05) is 84.4 Å². The molecule has 3 aromatic carbocycles. The topological polar surface area (TPSA) is 58.6 Å². The molecule has 1 aliphatic heterocycles. The minimum absolute atomic E-state index is 0.0186. The third kappa shape index (κ3) is 6.46. The number of nitrogens with one attached hydrogen (secondary N) is 1. The highest BCUT2D eigenvalue weighted by molar-refractivity contribution is 6.30. The molecular weight excluding hydrogens is 448 g/mol. The Labute approximate surface area is 205 Å². The monoisotopic (exact) mass is 476 g/mol. The van der Waals surface area contributed by atoms with Crippen molar-refractivity contribution in [3.8, 4) is 0 Å². The number of halogens is 1. The van der Waals surface area contributed by atoms with E-state index < -0.39 is 6.04 Å². The Morgan fingerprint density at radius 3 is 2.26 bits per heavy atom. The second-order valence-electron chi connectivity index (χ2n) is 8.50. The van der Waals surface area contributed by atoms with Crippen molar-refractivity contribution in [2.24, 2.45) is 0 Å². The van der Waals surface area contributed by atoms with Crippen molar-refractivity contribution < 1.29 is 14.3 Å². The predicted molar refractivity (Wildman–Crippen MR) is 133 cm³/mol. The summed E-state index contributed by atoms with van der Waals surface area (Å²) < 4.78 is 5.67. The lowest BCUT2D eigenvalue weighted by Gasteiger charge is -2.32. The van der Waals surface area contributed by atoms with Crippen LogP contribution in [0.5, 0.6) is 0 Å². The van der Waals surface area contributed by atoms with E-state index in [1.165, 1.54) is 0 Å². The first-order valence-electron chi connectivity index (χ1n) is 11.6. The van der Waals surface area contributed by atoms with E-state index >= 15 is 0 Å². The van der Waals surface area contributed by atoms with E-state index in [1.54, 1.807) is 17.0 Å². The lowest BCUT2D eigenvalue weighted by Crippen LogP contribution is -2.45. The zero-order chi connectivity index (χ0) is 23.8. The molecule has 0 radical (unpaired) electrons. The molecule has 1 saturated heterocycles. The van der Waals surface area contributed by atoms with Crippen LogP contribution in [0.2, 0.25) is 5.02 Å². The maximum atomic E-state index is 13.7. The maximum absolute atomic E-state index is 13.7. The van der Waals surface area contributed by atoms with Crippen LogP contribution in [-0.2, 0) is 27.3 Å². The van der Waals surface area contributed by atoms with Gasteiger partial charge in [0.15, 0.2) is 0 Å². The smallest absolute Gasteiger partial charge is 0.247 e. The molecule has 176 valence electrons. The first-order valence-corrected chi connectivity index (χ1v) is 12.0.